The van der Waals surface area contributed by atoms with Gasteiger partial charge in [0.1, 0.15) is 0 Å². The number of aryl methyl sites for hydroxylation is 1. The monoisotopic (exact) mass is 384 g/mol. The van der Waals surface area contributed by atoms with Gasteiger partial charge in [0.05, 0.1) is 22.9 Å². The SMILES string of the molecule is Cc1cccc(C(=O)N(C)Cc2ccc(C#N)cc2)c1NC(=O)c1ccncc1. The summed E-state index contributed by atoms with van der Waals surface area (Å²) < 4.78 is 0. The Labute approximate surface area is 169 Å². The molecule has 0 radical (unpaired) electrons. The van der Waals surface area contributed by atoms with Crippen molar-refractivity contribution < 1.29 is 9.59 Å². The minimum absolute atomic E-state index is 0.205. The Bertz CT molecular complexity index is 1070. The summed E-state index contributed by atoms with van der Waals surface area (Å²) in [5, 5.41) is 11.8. The van der Waals surface area contributed by atoms with Crippen molar-refractivity contribution in [3.8, 4) is 6.07 Å². The van der Waals surface area contributed by atoms with Crippen LogP contribution >= 0.6 is 0 Å². The molecule has 6 heteroatoms. The Balaban J connectivity index is 1.82. The second kappa shape index (κ2) is 8.81. The van der Waals surface area contributed by atoms with E-state index in [4.69, 9.17) is 5.26 Å². The van der Waals surface area contributed by atoms with E-state index in [9.17, 15) is 9.59 Å². The molecule has 3 rings (SSSR count). The molecule has 2 amide bonds. The van der Waals surface area contributed by atoms with E-state index in [1.807, 2.05) is 25.1 Å². The van der Waals surface area contributed by atoms with Gasteiger partial charge in [-0.1, -0.05) is 24.3 Å². The third kappa shape index (κ3) is 4.66. The quantitative estimate of drug-likeness (QED) is 0.725. The summed E-state index contributed by atoms with van der Waals surface area (Å²) in [6.45, 7) is 2.23. The third-order valence-corrected chi connectivity index (χ3v) is 4.53. The first-order valence-corrected chi connectivity index (χ1v) is 9.05. The minimum Gasteiger partial charge on any atom is -0.337 e. The molecule has 6 nitrogen and oxygen atoms in total. The lowest BCUT2D eigenvalue weighted by Gasteiger charge is -2.20. The fraction of sp³-hybridized carbons (Fsp3) is 0.130. The van der Waals surface area contributed by atoms with Crippen molar-refractivity contribution in [3.05, 3.63) is 94.8 Å². The molecule has 1 heterocycles. The average molecular weight is 384 g/mol. The molecule has 144 valence electrons. The molecule has 0 atom stereocenters. The number of carbonyl (C=O) groups excluding carboxylic acids is 2. The van der Waals surface area contributed by atoms with E-state index in [0.29, 0.717) is 28.9 Å². The summed E-state index contributed by atoms with van der Waals surface area (Å²) in [6.07, 6.45) is 3.09. The van der Waals surface area contributed by atoms with Crippen molar-refractivity contribution in [2.24, 2.45) is 0 Å². The molecule has 0 saturated heterocycles. The Morgan fingerprint density at radius 2 is 1.76 bits per heavy atom. The summed E-state index contributed by atoms with van der Waals surface area (Å²) in [6, 6.07) is 17.7. The van der Waals surface area contributed by atoms with E-state index >= 15 is 0 Å². The van der Waals surface area contributed by atoms with Crippen LogP contribution < -0.4 is 5.32 Å². The Kier molecular flexibility index (Phi) is 6.00. The highest BCUT2D eigenvalue weighted by molar-refractivity contribution is 6.09. The molecule has 0 unspecified atom stereocenters. The van der Waals surface area contributed by atoms with Crippen LogP contribution in [-0.4, -0.2) is 28.7 Å². The van der Waals surface area contributed by atoms with Crippen LogP contribution in [0.3, 0.4) is 0 Å². The number of benzene rings is 2. The van der Waals surface area contributed by atoms with Gasteiger partial charge in [0.15, 0.2) is 0 Å². The van der Waals surface area contributed by atoms with Crippen LogP contribution in [0.5, 0.6) is 0 Å². The Morgan fingerprint density at radius 1 is 1.07 bits per heavy atom. The summed E-state index contributed by atoms with van der Waals surface area (Å²) in [5.74, 6) is -0.506. The van der Waals surface area contributed by atoms with Gasteiger partial charge in [0.25, 0.3) is 11.8 Å². The zero-order chi connectivity index (χ0) is 20.8. The lowest BCUT2D eigenvalue weighted by atomic mass is 10.1. The predicted molar refractivity (Wildman–Crippen MR) is 110 cm³/mol. The highest BCUT2D eigenvalue weighted by Crippen LogP contribution is 2.23. The minimum atomic E-state index is -0.300. The molecule has 1 aromatic heterocycles. The first-order valence-electron chi connectivity index (χ1n) is 9.05. The predicted octanol–water partition coefficient (Wildman–Crippen LogP) is 3.79. The molecule has 1 N–H and O–H groups in total. The van der Waals surface area contributed by atoms with E-state index in [1.54, 1.807) is 60.7 Å². The largest absolute Gasteiger partial charge is 0.337 e. The van der Waals surface area contributed by atoms with Gasteiger partial charge in [-0.2, -0.15) is 5.26 Å². The van der Waals surface area contributed by atoms with Gasteiger partial charge in [-0.15, -0.1) is 0 Å². The number of hydrogen-bond acceptors (Lipinski definition) is 4. The Morgan fingerprint density at radius 3 is 2.41 bits per heavy atom. The molecule has 0 spiro atoms. The van der Waals surface area contributed by atoms with Gasteiger partial charge in [-0.25, -0.2) is 0 Å². The number of carbonyl (C=O) groups is 2. The van der Waals surface area contributed by atoms with Gasteiger partial charge in [-0.3, -0.25) is 14.6 Å². The number of nitrogens with one attached hydrogen (secondary N) is 1. The number of aromatic nitrogens is 1. The second-order valence-corrected chi connectivity index (χ2v) is 6.66. The van der Waals surface area contributed by atoms with Crippen molar-refractivity contribution in [2.45, 2.75) is 13.5 Å². The molecule has 0 aliphatic carbocycles. The van der Waals surface area contributed by atoms with Crippen LogP contribution in [0.4, 0.5) is 5.69 Å². The zero-order valence-electron chi connectivity index (χ0n) is 16.2. The number of hydrogen-bond donors (Lipinski definition) is 1. The maximum Gasteiger partial charge on any atom is 0.256 e. The van der Waals surface area contributed by atoms with Crippen molar-refractivity contribution >= 4 is 17.5 Å². The molecule has 0 fully saturated rings. The number of anilines is 1. The molecule has 29 heavy (non-hydrogen) atoms. The van der Waals surface area contributed by atoms with Crippen LogP contribution in [0.25, 0.3) is 0 Å². The van der Waals surface area contributed by atoms with Crippen LogP contribution in [0.15, 0.2) is 67.0 Å². The van der Waals surface area contributed by atoms with Crippen LogP contribution in [-0.2, 0) is 6.54 Å². The highest BCUT2D eigenvalue weighted by atomic mass is 16.2. The molecule has 0 aliphatic rings. The number of amides is 2. The smallest absolute Gasteiger partial charge is 0.256 e. The van der Waals surface area contributed by atoms with Crippen LogP contribution in [0, 0.1) is 18.3 Å². The number of nitrogens with zero attached hydrogens (tertiary/aromatic N) is 3. The van der Waals surface area contributed by atoms with Gasteiger partial charge in [0, 0.05) is 31.5 Å². The van der Waals surface area contributed by atoms with Crippen LogP contribution in [0.2, 0.25) is 0 Å². The molecule has 3 aromatic rings. The van der Waals surface area contributed by atoms with Crippen molar-refractivity contribution in [3.63, 3.8) is 0 Å². The number of para-hydroxylation sites is 1. The van der Waals surface area contributed by atoms with Crippen LogP contribution in [0.1, 0.15) is 37.4 Å². The van der Waals surface area contributed by atoms with E-state index in [-0.39, 0.29) is 11.8 Å². The zero-order valence-corrected chi connectivity index (χ0v) is 16.2. The summed E-state index contributed by atoms with van der Waals surface area (Å²) in [5.41, 5.74) is 3.66. The standard InChI is InChI=1S/C23H20N4O2/c1-16-4-3-5-20(21(16)26-22(28)19-10-12-25-13-11-19)23(29)27(2)15-18-8-6-17(14-24)7-9-18/h3-13H,15H2,1-2H3,(H,26,28). The van der Waals surface area contributed by atoms with Gasteiger partial charge in [0.2, 0.25) is 0 Å². The topological polar surface area (TPSA) is 86.1 Å². The van der Waals surface area contributed by atoms with E-state index in [0.717, 1.165) is 11.1 Å². The maximum absolute atomic E-state index is 13.1. The van der Waals surface area contributed by atoms with E-state index < -0.39 is 0 Å². The normalized spacial score (nSPS) is 10.1. The molecule has 0 saturated carbocycles. The van der Waals surface area contributed by atoms with Gasteiger partial charge < -0.3 is 10.2 Å². The summed E-state index contributed by atoms with van der Waals surface area (Å²) in [7, 11) is 1.71. The van der Waals surface area contributed by atoms with Crippen molar-refractivity contribution in [1.29, 1.82) is 5.26 Å². The average Bonchev–Trinajstić information content (AvgIpc) is 2.75. The third-order valence-electron chi connectivity index (χ3n) is 4.53. The van der Waals surface area contributed by atoms with Crippen molar-refractivity contribution in [2.75, 3.05) is 12.4 Å². The number of nitriles is 1. The fourth-order valence-electron chi connectivity index (χ4n) is 2.94. The molecular formula is C23H20N4O2. The van der Waals surface area contributed by atoms with Gasteiger partial charge >= 0.3 is 0 Å². The summed E-state index contributed by atoms with van der Waals surface area (Å²) in [4.78, 5) is 31.1. The number of rotatable bonds is 5. The first-order chi connectivity index (χ1) is 14.0. The van der Waals surface area contributed by atoms with E-state index in [1.165, 1.54) is 0 Å². The highest BCUT2D eigenvalue weighted by Gasteiger charge is 2.19. The lowest BCUT2D eigenvalue weighted by Crippen LogP contribution is -2.28. The summed E-state index contributed by atoms with van der Waals surface area (Å²) >= 11 is 0. The second-order valence-electron chi connectivity index (χ2n) is 6.66. The Hall–Kier alpha value is -3.98. The maximum atomic E-state index is 13.1. The van der Waals surface area contributed by atoms with Gasteiger partial charge in [-0.05, 0) is 48.4 Å². The molecule has 2 aromatic carbocycles. The van der Waals surface area contributed by atoms with Crippen molar-refractivity contribution in [1.82, 2.24) is 9.88 Å². The molecular weight excluding hydrogens is 364 g/mol. The number of pyridine rings is 1. The first kappa shape index (κ1) is 19.8. The molecule has 0 aliphatic heterocycles. The fourth-order valence-corrected chi connectivity index (χ4v) is 2.94. The lowest BCUT2D eigenvalue weighted by molar-refractivity contribution is 0.0786. The molecule has 0 bridgehead atoms. The van der Waals surface area contributed by atoms with E-state index in [2.05, 4.69) is 16.4 Å².